The molecule has 0 aromatic carbocycles. The number of piperidine rings is 1. The van der Waals surface area contributed by atoms with Gasteiger partial charge in [0, 0.05) is 19.1 Å². The Kier molecular flexibility index (Phi) is 5.76. The summed E-state index contributed by atoms with van der Waals surface area (Å²) in [6.45, 7) is 17.0. The molecular weight excluding hydrogens is 256 g/mol. The van der Waals surface area contributed by atoms with E-state index in [0.717, 1.165) is 5.92 Å². The minimum Gasteiger partial charge on any atom is -0.314 e. The topological polar surface area (TPSA) is 15.3 Å². The van der Waals surface area contributed by atoms with Crippen molar-refractivity contribution < 1.29 is 0 Å². The second-order valence-corrected chi connectivity index (χ2v) is 9.16. The Balaban J connectivity index is 1.93. The molecule has 2 heteroatoms. The molecule has 0 aromatic heterocycles. The summed E-state index contributed by atoms with van der Waals surface area (Å²) in [5, 5.41) is 3.75. The highest BCUT2D eigenvalue weighted by molar-refractivity contribution is 4.91. The van der Waals surface area contributed by atoms with Crippen LogP contribution < -0.4 is 5.32 Å². The molecule has 1 heterocycles. The van der Waals surface area contributed by atoms with E-state index in [2.05, 4.69) is 44.8 Å². The van der Waals surface area contributed by atoms with Gasteiger partial charge in [-0.05, 0) is 55.5 Å². The van der Waals surface area contributed by atoms with Gasteiger partial charge in [-0.25, -0.2) is 0 Å². The number of nitrogens with zero attached hydrogens (tertiary/aromatic N) is 1. The van der Waals surface area contributed by atoms with E-state index in [9.17, 15) is 0 Å². The second kappa shape index (κ2) is 7.00. The van der Waals surface area contributed by atoms with Crippen LogP contribution in [0, 0.1) is 16.7 Å². The van der Waals surface area contributed by atoms with Gasteiger partial charge in [-0.2, -0.15) is 0 Å². The zero-order chi connectivity index (χ0) is 15.5. The zero-order valence-corrected chi connectivity index (χ0v) is 15.2. The Morgan fingerprint density at radius 2 is 1.62 bits per heavy atom. The van der Waals surface area contributed by atoms with Crippen LogP contribution in [0.25, 0.3) is 0 Å². The average Bonchev–Trinajstić information content (AvgIpc) is 2.42. The first-order valence-electron chi connectivity index (χ1n) is 9.26. The van der Waals surface area contributed by atoms with Crippen LogP contribution in [0.3, 0.4) is 0 Å². The molecule has 2 rings (SSSR count). The van der Waals surface area contributed by atoms with Gasteiger partial charge in [0.1, 0.15) is 0 Å². The van der Waals surface area contributed by atoms with E-state index < -0.39 is 0 Å². The summed E-state index contributed by atoms with van der Waals surface area (Å²) in [5.41, 5.74) is 1.11. The Bertz CT molecular complexity index is 304. The molecule has 1 aliphatic carbocycles. The van der Waals surface area contributed by atoms with Gasteiger partial charge in [-0.15, -0.1) is 0 Å². The average molecular weight is 295 g/mol. The van der Waals surface area contributed by atoms with E-state index in [1.54, 1.807) is 0 Å². The lowest BCUT2D eigenvalue weighted by atomic mass is 9.70. The van der Waals surface area contributed by atoms with Crippen molar-refractivity contribution in [2.45, 2.75) is 79.2 Å². The van der Waals surface area contributed by atoms with Crippen molar-refractivity contribution in [3.63, 3.8) is 0 Å². The lowest BCUT2D eigenvalue weighted by Crippen LogP contribution is -2.49. The fourth-order valence-electron chi connectivity index (χ4n) is 3.98. The molecular formula is C19H38N2. The fourth-order valence-corrected chi connectivity index (χ4v) is 3.98. The van der Waals surface area contributed by atoms with Crippen LogP contribution in [0.1, 0.15) is 73.1 Å². The molecule has 1 saturated carbocycles. The summed E-state index contributed by atoms with van der Waals surface area (Å²) in [6.07, 6.45) is 8.45. The van der Waals surface area contributed by atoms with E-state index in [4.69, 9.17) is 0 Å². The van der Waals surface area contributed by atoms with E-state index in [1.807, 2.05) is 0 Å². The lowest BCUT2D eigenvalue weighted by molar-refractivity contribution is 0.0499. The van der Waals surface area contributed by atoms with Crippen molar-refractivity contribution in [3.05, 3.63) is 0 Å². The van der Waals surface area contributed by atoms with Gasteiger partial charge in [0.2, 0.25) is 0 Å². The first-order valence-corrected chi connectivity index (χ1v) is 9.26. The summed E-state index contributed by atoms with van der Waals surface area (Å²) < 4.78 is 0. The second-order valence-electron chi connectivity index (χ2n) is 9.16. The third-order valence-electron chi connectivity index (χ3n) is 5.99. The standard InChI is InChI=1S/C19H38N2/c1-16(2)20-14-19(8-6-17(3)7-9-19)15-21-12-10-18(4,5)11-13-21/h16-17,20H,6-15H2,1-5H3. The predicted octanol–water partition coefficient (Wildman–Crippen LogP) is 4.30. The molecule has 0 radical (unpaired) electrons. The SMILES string of the molecule is CC1CCC(CNC(C)C)(CN2CCC(C)(C)CC2)CC1. The van der Waals surface area contributed by atoms with Crippen molar-refractivity contribution in [3.8, 4) is 0 Å². The largest absolute Gasteiger partial charge is 0.314 e. The molecule has 0 aromatic rings. The van der Waals surface area contributed by atoms with Crippen molar-refractivity contribution in [1.82, 2.24) is 10.2 Å². The Hall–Kier alpha value is -0.0800. The highest BCUT2D eigenvalue weighted by Gasteiger charge is 2.37. The monoisotopic (exact) mass is 294 g/mol. The van der Waals surface area contributed by atoms with Crippen LogP contribution in [0.15, 0.2) is 0 Å². The highest BCUT2D eigenvalue weighted by atomic mass is 15.1. The number of nitrogens with one attached hydrogen (secondary N) is 1. The smallest absolute Gasteiger partial charge is 0.00501 e. The van der Waals surface area contributed by atoms with Gasteiger partial charge in [0.15, 0.2) is 0 Å². The molecule has 1 N–H and O–H groups in total. The van der Waals surface area contributed by atoms with Gasteiger partial charge in [-0.3, -0.25) is 0 Å². The van der Waals surface area contributed by atoms with Crippen LogP contribution in [0.2, 0.25) is 0 Å². The molecule has 2 aliphatic rings. The zero-order valence-electron chi connectivity index (χ0n) is 15.2. The van der Waals surface area contributed by atoms with Crippen LogP contribution >= 0.6 is 0 Å². The summed E-state index contributed by atoms with van der Waals surface area (Å²) in [5.74, 6) is 0.942. The fraction of sp³-hybridized carbons (Fsp3) is 1.00. The van der Waals surface area contributed by atoms with Gasteiger partial charge in [0.05, 0.1) is 0 Å². The van der Waals surface area contributed by atoms with Crippen molar-refractivity contribution in [2.75, 3.05) is 26.2 Å². The Morgan fingerprint density at radius 3 is 2.14 bits per heavy atom. The van der Waals surface area contributed by atoms with Crippen molar-refractivity contribution in [1.29, 1.82) is 0 Å². The first kappa shape index (κ1) is 17.3. The third-order valence-corrected chi connectivity index (χ3v) is 5.99. The quantitative estimate of drug-likeness (QED) is 0.813. The number of rotatable bonds is 5. The lowest BCUT2D eigenvalue weighted by Gasteiger charge is -2.46. The van der Waals surface area contributed by atoms with Crippen LogP contribution in [0.4, 0.5) is 0 Å². The molecule has 0 amide bonds. The van der Waals surface area contributed by atoms with Gasteiger partial charge >= 0.3 is 0 Å². The van der Waals surface area contributed by atoms with Crippen LogP contribution in [-0.2, 0) is 0 Å². The molecule has 21 heavy (non-hydrogen) atoms. The van der Waals surface area contributed by atoms with Gasteiger partial charge < -0.3 is 10.2 Å². The number of hydrogen-bond acceptors (Lipinski definition) is 2. The van der Waals surface area contributed by atoms with Crippen LogP contribution in [-0.4, -0.2) is 37.1 Å². The summed E-state index contributed by atoms with van der Waals surface area (Å²) in [4.78, 5) is 2.77. The van der Waals surface area contributed by atoms with Gasteiger partial charge in [-0.1, -0.05) is 47.5 Å². The van der Waals surface area contributed by atoms with E-state index in [0.29, 0.717) is 16.9 Å². The molecule has 124 valence electrons. The predicted molar refractivity (Wildman–Crippen MR) is 92.7 cm³/mol. The van der Waals surface area contributed by atoms with E-state index in [1.165, 1.54) is 64.7 Å². The number of hydrogen-bond donors (Lipinski definition) is 1. The van der Waals surface area contributed by atoms with E-state index >= 15 is 0 Å². The minimum atomic E-state index is 0.540. The third kappa shape index (κ3) is 5.25. The van der Waals surface area contributed by atoms with E-state index in [-0.39, 0.29) is 0 Å². The molecule has 0 spiro atoms. The highest BCUT2D eigenvalue weighted by Crippen LogP contribution is 2.40. The van der Waals surface area contributed by atoms with Crippen LogP contribution in [0.5, 0.6) is 0 Å². The molecule has 0 unspecified atom stereocenters. The Labute approximate surface area is 133 Å². The molecule has 2 fully saturated rings. The molecule has 2 nitrogen and oxygen atoms in total. The van der Waals surface area contributed by atoms with Crippen molar-refractivity contribution in [2.24, 2.45) is 16.7 Å². The molecule has 0 atom stereocenters. The maximum Gasteiger partial charge on any atom is 0.00501 e. The summed E-state index contributed by atoms with van der Waals surface area (Å²) in [6, 6.07) is 0.613. The summed E-state index contributed by atoms with van der Waals surface area (Å²) >= 11 is 0. The molecule has 1 aliphatic heterocycles. The number of likely N-dealkylation sites (tertiary alicyclic amines) is 1. The maximum absolute atomic E-state index is 3.75. The van der Waals surface area contributed by atoms with Gasteiger partial charge in [0.25, 0.3) is 0 Å². The normalized spacial score (nSPS) is 34.3. The first-order chi connectivity index (χ1) is 9.80. The molecule has 0 bridgehead atoms. The minimum absolute atomic E-state index is 0.540. The summed E-state index contributed by atoms with van der Waals surface area (Å²) in [7, 11) is 0. The van der Waals surface area contributed by atoms with Crippen molar-refractivity contribution >= 4 is 0 Å². The maximum atomic E-state index is 3.75. The Morgan fingerprint density at radius 1 is 1.05 bits per heavy atom. The molecule has 1 saturated heterocycles.